The second-order valence-corrected chi connectivity index (χ2v) is 5.56. The van der Waals surface area contributed by atoms with Crippen molar-refractivity contribution in [3.8, 4) is 0 Å². The van der Waals surface area contributed by atoms with Crippen LogP contribution in [0.3, 0.4) is 0 Å². The summed E-state index contributed by atoms with van der Waals surface area (Å²) in [5.74, 6) is -0.644. The van der Waals surface area contributed by atoms with Gasteiger partial charge < -0.3 is 9.84 Å². The van der Waals surface area contributed by atoms with Crippen molar-refractivity contribution in [2.45, 2.75) is 19.8 Å². The fourth-order valence-corrected chi connectivity index (χ4v) is 2.12. The second-order valence-electron chi connectivity index (χ2n) is 3.63. The molecule has 1 unspecified atom stereocenters. The molecule has 0 rings (SSSR count). The number of hydrogen-bond acceptors (Lipinski definition) is 5. The van der Waals surface area contributed by atoms with E-state index in [1.807, 2.05) is 0 Å². The standard InChI is InChI=1S/C9H19NO5S/c1-8(7-11)6-10-16(13,14)5-3-4-9(12)15-2/h8,10-11H,3-7H2,1-2H3. The molecule has 0 saturated carbocycles. The van der Waals surface area contributed by atoms with Crippen LogP contribution in [0.5, 0.6) is 0 Å². The largest absolute Gasteiger partial charge is 0.469 e. The molecule has 0 spiro atoms. The predicted octanol–water partition coefficient (Wildman–Crippen LogP) is -0.513. The Hall–Kier alpha value is -0.660. The van der Waals surface area contributed by atoms with E-state index >= 15 is 0 Å². The van der Waals surface area contributed by atoms with Gasteiger partial charge in [-0.05, 0) is 12.3 Å². The number of nitrogens with one attached hydrogen (secondary N) is 1. The topological polar surface area (TPSA) is 92.7 Å². The number of aliphatic hydroxyl groups is 1. The van der Waals surface area contributed by atoms with Crippen molar-refractivity contribution >= 4 is 16.0 Å². The molecule has 16 heavy (non-hydrogen) atoms. The van der Waals surface area contributed by atoms with Gasteiger partial charge in [0.15, 0.2) is 0 Å². The lowest BCUT2D eigenvalue weighted by Gasteiger charge is -2.09. The summed E-state index contributed by atoms with van der Waals surface area (Å²) in [6, 6.07) is 0. The van der Waals surface area contributed by atoms with E-state index in [9.17, 15) is 13.2 Å². The first-order valence-electron chi connectivity index (χ1n) is 5.06. The molecule has 0 fully saturated rings. The van der Waals surface area contributed by atoms with Gasteiger partial charge in [-0.15, -0.1) is 0 Å². The van der Waals surface area contributed by atoms with Gasteiger partial charge in [-0.1, -0.05) is 6.92 Å². The minimum atomic E-state index is -3.36. The van der Waals surface area contributed by atoms with E-state index in [4.69, 9.17) is 5.11 Å². The van der Waals surface area contributed by atoms with Gasteiger partial charge in [0.25, 0.3) is 0 Å². The zero-order valence-corrected chi connectivity index (χ0v) is 10.4. The summed E-state index contributed by atoms with van der Waals surface area (Å²) < 4.78 is 29.5. The first-order valence-corrected chi connectivity index (χ1v) is 6.71. The number of carbonyl (C=O) groups is 1. The van der Waals surface area contributed by atoms with Crippen LogP contribution in [0.4, 0.5) is 0 Å². The molecule has 0 amide bonds. The van der Waals surface area contributed by atoms with Crippen LogP contribution in [0.25, 0.3) is 0 Å². The molecule has 0 radical (unpaired) electrons. The maximum atomic E-state index is 11.4. The van der Waals surface area contributed by atoms with Crippen LogP contribution in [0.15, 0.2) is 0 Å². The van der Waals surface area contributed by atoms with Crippen molar-refractivity contribution in [3.05, 3.63) is 0 Å². The van der Waals surface area contributed by atoms with E-state index in [2.05, 4.69) is 9.46 Å². The Labute approximate surface area is 96.0 Å². The summed E-state index contributed by atoms with van der Waals surface area (Å²) in [5, 5.41) is 8.72. The van der Waals surface area contributed by atoms with Crippen molar-refractivity contribution in [2.75, 3.05) is 26.0 Å². The van der Waals surface area contributed by atoms with Crippen LogP contribution < -0.4 is 4.72 Å². The van der Waals surface area contributed by atoms with Gasteiger partial charge in [0.2, 0.25) is 10.0 Å². The van der Waals surface area contributed by atoms with Gasteiger partial charge in [-0.2, -0.15) is 0 Å². The SMILES string of the molecule is COC(=O)CCCS(=O)(=O)NCC(C)CO. The highest BCUT2D eigenvalue weighted by Gasteiger charge is 2.12. The summed E-state index contributed by atoms with van der Waals surface area (Å²) in [6.07, 6.45) is 0.322. The number of ether oxygens (including phenoxy) is 1. The van der Waals surface area contributed by atoms with E-state index in [1.165, 1.54) is 7.11 Å². The quantitative estimate of drug-likeness (QED) is 0.568. The Bertz CT molecular complexity index is 301. The highest BCUT2D eigenvalue weighted by molar-refractivity contribution is 7.89. The number of hydrogen-bond donors (Lipinski definition) is 2. The molecule has 6 nitrogen and oxygen atoms in total. The zero-order valence-electron chi connectivity index (χ0n) is 9.60. The molecule has 0 bridgehead atoms. The normalized spacial score (nSPS) is 13.4. The maximum absolute atomic E-state index is 11.4. The Morgan fingerprint density at radius 3 is 2.62 bits per heavy atom. The lowest BCUT2D eigenvalue weighted by molar-refractivity contribution is -0.140. The van der Waals surface area contributed by atoms with Crippen LogP contribution in [0.2, 0.25) is 0 Å². The lowest BCUT2D eigenvalue weighted by atomic mass is 10.2. The minimum Gasteiger partial charge on any atom is -0.469 e. The van der Waals surface area contributed by atoms with Gasteiger partial charge >= 0.3 is 5.97 Å². The van der Waals surface area contributed by atoms with Crippen molar-refractivity contribution in [2.24, 2.45) is 5.92 Å². The van der Waals surface area contributed by atoms with Crippen LogP contribution in [-0.4, -0.2) is 45.5 Å². The van der Waals surface area contributed by atoms with Gasteiger partial charge in [0, 0.05) is 19.6 Å². The molecule has 0 aromatic rings. The van der Waals surface area contributed by atoms with Crippen LogP contribution in [-0.2, 0) is 19.6 Å². The number of methoxy groups -OCH3 is 1. The van der Waals surface area contributed by atoms with Crippen molar-refractivity contribution in [1.82, 2.24) is 4.72 Å². The number of aliphatic hydroxyl groups excluding tert-OH is 1. The highest BCUT2D eigenvalue weighted by Crippen LogP contribution is 1.98. The Morgan fingerprint density at radius 1 is 1.50 bits per heavy atom. The molecule has 0 aliphatic carbocycles. The van der Waals surface area contributed by atoms with Crippen molar-refractivity contribution < 1.29 is 23.1 Å². The molecular formula is C9H19NO5S. The van der Waals surface area contributed by atoms with Gasteiger partial charge in [-0.25, -0.2) is 13.1 Å². The molecule has 96 valence electrons. The number of rotatable bonds is 8. The molecule has 0 saturated heterocycles. The van der Waals surface area contributed by atoms with E-state index in [1.54, 1.807) is 6.92 Å². The number of esters is 1. The number of carbonyl (C=O) groups excluding carboxylic acids is 1. The Balaban J connectivity index is 3.83. The second kappa shape index (κ2) is 7.59. The van der Waals surface area contributed by atoms with Gasteiger partial charge in [0.05, 0.1) is 12.9 Å². The summed E-state index contributed by atoms with van der Waals surface area (Å²) in [5.41, 5.74) is 0. The molecule has 2 N–H and O–H groups in total. The third kappa shape index (κ3) is 7.61. The zero-order chi connectivity index (χ0) is 12.6. The smallest absolute Gasteiger partial charge is 0.305 e. The molecule has 7 heteroatoms. The average Bonchev–Trinajstić information content (AvgIpc) is 2.25. The third-order valence-electron chi connectivity index (χ3n) is 1.99. The predicted molar refractivity (Wildman–Crippen MR) is 59.3 cm³/mol. The summed E-state index contributed by atoms with van der Waals surface area (Å²) >= 11 is 0. The van der Waals surface area contributed by atoms with Gasteiger partial charge in [-0.3, -0.25) is 4.79 Å². The van der Waals surface area contributed by atoms with E-state index in [0.29, 0.717) is 0 Å². The van der Waals surface area contributed by atoms with E-state index < -0.39 is 16.0 Å². The molecular weight excluding hydrogens is 234 g/mol. The summed E-state index contributed by atoms with van der Waals surface area (Å²) in [7, 11) is -2.10. The molecule has 0 aliphatic rings. The first kappa shape index (κ1) is 15.3. The summed E-state index contributed by atoms with van der Waals surface area (Å²) in [4.78, 5) is 10.7. The van der Waals surface area contributed by atoms with Crippen LogP contribution >= 0.6 is 0 Å². The maximum Gasteiger partial charge on any atom is 0.305 e. The highest BCUT2D eigenvalue weighted by atomic mass is 32.2. The average molecular weight is 253 g/mol. The number of sulfonamides is 1. The molecule has 0 aromatic heterocycles. The Morgan fingerprint density at radius 2 is 2.12 bits per heavy atom. The third-order valence-corrected chi connectivity index (χ3v) is 3.42. The van der Waals surface area contributed by atoms with Crippen molar-refractivity contribution in [3.63, 3.8) is 0 Å². The monoisotopic (exact) mass is 253 g/mol. The summed E-state index contributed by atoms with van der Waals surface area (Å²) in [6.45, 7) is 1.87. The molecule has 1 atom stereocenters. The van der Waals surface area contributed by atoms with Crippen LogP contribution in [0.1, 0.15) is 19.8 Å². The fraction of sp³-hybridized carbons (Fsp3) is 0.889. The minimum absolute atomic E-state index is 0.0648. The van der Waals surface area contributed by atoms with Crippen molar-refractivity contribution in [1.29, 1.82) is 0 Å². The first-order chi connectivity index (χ1) is 7.41. The fourth-order valence-electron chi connectivity index (χ4n) is 0.915. The Kier molecular flexibility index (Phi) is 7.27. The molecule has 0 heterocycles. The van der Waals surface area contributed by atoms with Crippen LogP contribution in [0, 0.1) is 5.92 Å². The lowest BCUT2D eigenvalue weighted by Crippen LogP contribution is -2.31. The van der Waals surface area contributed by atoms with E-state index in [0.717, 1.165) is 0 Å². The van der Waals surface area contributed by atoms with E-state index in [-0.39, 0.29) is 37.7 Å². The van der Waals surface area contributed by atoms with Gasteiger partial charge in [0.1, 0.15) is 0 Å². The molecule has 0 aromatic carbocycles. The molecule has 0 aliphatic heterocycles.